The van der Waals surface area contributed by atoms with Crippen LogP contribution in [0.2, 0.25) is 0 Å². The molecule has 0 spiro atoms. The first-order chi connectivity index (χ1) is 6.60. The molecule has 1 atom stereocenters. The Morgan fingerprint density at radius 2 is 2.07 bits per heavy atom. The molecule has 2 heteroatoms. The molecule has 14 heavy (non-hydrogen) atoms. The summed E-state index contributed by atoms with van der Waals surface area (Å²) in [6.07, 6.45) is 3.84. The maximum absolute atomic E-state index is 3.57. The Hall–Kier alpha value is -0.0800. The molecule has 0 aromatic heterocycles. The molecule has 84 valence electrons. The van der Waals surface area contributed by atoms with Gasteiger partial charge in [-0.05, 0) is 26.7 Å². The lowest BCUT2D eigenvalue weighted by molar-refractivity contribution is 0.0740. The molecule has 1 rings (SSSR count). The van der Waals surface area contributed by atoms with E-state index in [1.165, 1.54) is 32.4 Å². The zero-order valence-corrected chi connectivity index (χ0v) is 10.3. The Kier molecular flexibility index (Phi) is 4.39. The summed E-state index contributed by atoms with van der Waals surface area (Å²) in [6, 6.07) is 0.708. The molecule has 0 saturated carbocycles. The molecule has 1 N–H and O–H groups in total. The van der Waals surface area contributed by atoms with E-state index in [1.54, 1.807) is 0 Å². The van der Waals surface area contributed by atoms with Gasteiger partial charge in [0.2, 0.25) is 0 Å². The molecule has 0 aromatic carbocycles. The van der Waals surface area contributed by atoms with Crippen LogP contribution in [0.1, 0.15) is 47.0 Å². The van der Waals surface area contributed by atoms with Gasteiger partial charge in [0.05, 0.1) is 0 Å². The lowest BCUT2D eigenvalue weighted by Gasteiger charge is -2.44. The molecule has 0 bridgehead atoms. The summed E-state index contributed by atoms with van der Waals surface area (Å²) in [6.45, 7) is 12.9. The smallest absolute Gasteiger partial charge is 0.0193 e. The van der Waals surface area contributed by atoms with Gasteiger partial charge >= 0.3 is 0 Å². The number of rotatable bonds is 4. The Bertz CT molecular complexity index is 166. The highest BCUT2D eigenvalue weighted by Gasteiger charge is 2.29. The molecule has 1 aliphatic rings. The highest BCUT2D eigenvalue weighted by atomic mass is 15.2. The van der Waals surface area contributed by atoms with Gasteiger partial charge in [-0.25, -0.2) is 0 Å². The minimum absolute atomic E-state index is 0.393. The largest absolute Gasteiger partial charge is 0.311 e. The van der Waals surface area contributed by atoms with Crippen LogP contribution in [-0.4, -0.2) is 36.1 Å². The average molecular weight is 198 g/mol. The van der Waals surface area contributed by atoms with Gasteiger partial charge in [0.15, 0.2) is 0 Å². The summed E-state index contributed by atoms with van der Waals surface area (Å²) >= 11 is 0. The SMILES string of the molecule is CCCC(C)(C)N1CCNC(CC)C1. The van der Waals surface area contributed by atoms with Crippen LogP contribution >= 0.6 is 0 Å². The van der Waals surface area contributed by atoms with Crippen LogP contribution in [0.15, 0.2) is 0 Å². The van der Waals surface area contributed by atoms with Crippen molar-refractivity contribution in [3.8, 4) is 0 Å². The van der Waals surface area contributed by atoms with Gasteiger partial charge in [-0.3, -0.25) is 4.90 Å². The number of piperazine rings is 1. The molecular formula is C12H26N2. The predicted molar refractivity (Wildman–Crippen MR) is 62.6 cm³/mol. The fraction of sp³-hybridized carbons (Fsp3) is 1.00. The second-order valence-corrected chi connectivity index (χ2v) is 5.07. The third-order valence-corrected chi connectivity index (χ3v) is 3.47. The fourth-order valence-corrected chi connectivity index (χ4v) is 2.42. The standard InChI is InChI=1S/C12H26N2/c1-5-7-12(3,4)14-9-8-13-11(6-2)10-14/h11,13H,5-10H2,1-4H3. The number of nitrogens with one attached hydrogen (secondary N) is 1. The first kappa shape index (κ1) is 12.0. The summed E-state index contributed by atoms with van der Waals surface area (Å²) in [7, 11) is 0. The zero-order valence-electron chi connectivity index (χ0n) is 10.3. The first-order valence-corrected chi connectivity index (χ1v) is 6.08. The van der Waals surface area contributed by atoms with E-state index in [2.05, 4.69) is 37.9 Å². The van der Waals surface area contributed by atoms with Crippen LogP contribution in [0, 0.1) is 0 Å². The van der Waals surface area contributed by atoms with Crippen LogP contribution in [0.5, 0.6) is 0 Å². The van der Waals surface area contributed by atoms with Crippen molar-refractivity contribution in [1.29, 1.82) is 0 Å². The highest BCUT2D eigenvalue weighted by molar-refractivity contribution is 4.87. The molecule has 0 aromatic rings. The van der Waals surface area contributed by atoms with Gasteiger partial charge in [-0.1, -0.05) is 20.3 Å². The van der Waals surface area contributed by atoms with Crippen LogP contribution in [0.3, 0.4) is 0 Å². The van der Waals surface area contributed by atoms with E-state index in [4.69, 9.17) is 0 Å². The van der Waals surface area contributed by atoms with Gasteiger partial charge in [0, 0.05) is 31.2 Å². The van der Waals surface area contributed by atoms with Crippen molar-refractivity contribution in [3.05, 3.63) is 0 Å². The van der Waals surface area contributed by atoms with Gasteiger partial charge < -0.3 is 5.32 Å². The van der Waals surface area contributed by atoms with Crippen molar-refractivity contribution >= 4 is 0 Å². The Morgan fingerprint density at radius 1 is 1.36 bits per heavy atom. The normalized spacial score (nSPS) is 25.3. The predicted octanol–water partition coefficient (Wildman–Crippen LogP) is 2.25. The molecule has 1 heterocycles. The fourth-order valence-electron chi connectivity index (χ4n) is 2.42. The molecule has 0 radical (unpaired) electrons. The van der Waals surface area contributed by atoms with Crippen molar-refractivity contribution in [1.82, 2.24) is 10.2 Å². The number of hydrogen-bond donors (Lipinski definition) is 1. The van der Waals surface area contributed by atoms with E-state index < -0.39 is 0 Å². The third kappa shape index (κ3) is 2.96. The van der Waals surface area contributed by atoms with Gasteiger partial charge in [0.25, 0.3) is 0 Å². The molecular weight excluding hydrogens is 172 g/mol. The third-order valence-electron chi connectivity index (χ3n) is 3.47. The number of nitrogens with zero attached hydrogens (tertiary/aromatic N) is 1. The quantitative estimate of drug-likeness (QED) is 0.745. The van der Waals surface area contributed by atoms with Crippen LogP contribution < -0.4 is 5.32 Å². The number of hydrogen-bond acceptors (Lipinski definition) is 2. The summed E-state index contributed by atoms with van der Waals surface area (Å²) in [5.74, 6) is 0. The minimum Gasteiger partial charge on any atom is -0.311 e. The maximum atomic E-state index is 3.57. The lowest BCUT2D eigenvalue weighted by Crippen LogP contribution is -2.57. The monoisotopic (exact) mass is 198 g/mol. The highest BCUT2D eigenvalue weighted by Crippen LogP contribution is 2.22. The minimum atomic E-state index is 0.393. The first-order valence-electron chi connectivity index (χ1n) is 6.08. The van der Waals surface area contributed by atoms with Gasteiger partial charge in [-0.2, -0.15) is 0 Å². The van der Waals surface area contributed by atoms with Crippen molar-refractivity contribution < 1.29 is 0 Å². The van der Waals surface area contributed by atoms with Crippen molar-refractivity contribution in [2.24, 2.45) is 0 Å². The van der Waals surface area contributed by atoms with Crippen molar-refractivity contribution in [2.75, 3.05) is 19.6 Å². The maximum Gasteiger partial charge on any atom is 0.0193 e. The van der Waals surface area contributed by atoms with E-state index in [0.29, 0.717) is 11.6 Å². The van der Waals surface area contributed by atoms with E-state index in [-0.39, 0.29) is 0 Å². The molecule has 1 unspecified atom stereocenters. The Balaban J connectivity index is 2.49. The van der Waals surface area contributed by atoms with E-state index in [9.17, 15) is 0 Å². The Labute approximate surface area is 89.1 Å². The molecule has 2 nitrogen and oxygen atoms in total. The van der Waals surface area contributed by atoms with E-state index >= 15 is 0 Å². The van der Waals surface area contributed by atoms with Gasteiger partial charge in [-0.15, -0.1) is 0 Å². The molecule has 1 saturated heterocycles. The average Bonchev–Trinajstić information content (AvgIpc) is 2.18. The molecule has 1 fully saturated rings. The Morgan fingerprint density at radius 3 is 2.64 bits per heavy atom. The van der Waals surface area contributed by atoms with Crippen LogP contribution in [0.4, 0.5) is 0 Å². The lowest BCUT2D eigenvalue weighted by atomic mass is 9.94. The van der Waals surface area contributed by atoms with E-state index in [0.717, 1.165) is 6.54 Å². The second-order valence-electron chi connectivity index (χ2n) is 5.07. The molecule has 0 amide bonds. The summed E-state index contributed by atoms with van der Waals surface area (Å²) in [4.78, 5) is 2.65. The van der Waals surface area contributed by atoms with Gasteiger partial charge in [0.1, 0.15) is 0 Å². The summed E-state index contributed by atoms with van der Waals surface area (Å²) < 4.78 is 0. The molecule has 1 aliphatic heterocycles. The van der Waals surface area contributed by atoms with Crippen molar-refractivity contribution in [2.45, 2.75) is 58.5 Å². The van der Waals surface area contributed by atoms with Crippen molar-refractivity contribution in [3.63, 3.8) is 0 Å². The van der Waals surface area contributed by atoms with Crippen LogP contribution in [0.25, 0.3) is 0 Å². The van der Waals surface area contributed by atoms with Crippen LogP contribution in [-0.2, 0) is 0 Å². The zero-order chi connectivity index (χ0) is 10.6. The second kappa shape index (κ2) is 5.13. The van der Waals surface area contributed by atoms with E-state index in [1.807, 2.05) is 0 Å². The molecule has 0 aliphatic carbocycles. The topological polar surface area (TPSA) is 15.3 Å². The summed E-state index contributed by atoms with van der Waals surface area (Å²) in [5, 5.41) is 3.57. The summed E-state index contributed by atoms with van der Waals surface area (Å²) in [5.41, 5.74) is 0.393.